The summed E-state index contributed by atoms with van der Waals surface area (Å²) >= 11 is 0. The van der Waals surface area contributed by atoms with Crippen LogP contribution in [-0.2, 0) is 6.42 Å². The van der Waals surface area contributed by atoms with Crippen LogP contribution in [0.3, 0.4) is 0 Å². The van der Waals surface area contributed by atoms with E-state index < -0.39 is 11.5 Å². The Bertz CT molecular complexity index is 1250. The van der Waals surface area contributed by atoms with Gasteiger partial charge < -0.3 is 10.1 Å². The van der Waals surface area contributed by atoms with Crippen LogP contribution in [0.5, 0.6) is 5.75 Å². The molecule has 0 fully saturated rings. The molecule has 3 aromatic rings. The number of aryl methyl sites for hydroxylation is 1. The number of benzene rings is 2. The lowest BCUT2D eigenvalue weighted by Gasteiger charge is -2.32. The molecule has 0 atom stereocenters. The molecule has 0 bridgehead atoms. The second kappa shape index (κ2) is 8.11. The van der Waals surface area contributed by atoms with Crippen molar-refractivity contribution in [2.75, 3.05) is 12.4 Å². The van der Waals surface area contributed by atoms with Crippen molar-refractivity contribution in [3.63, 3.8) is 0 Å². The van der Waals surface area contributed by atoms with Crippen LogP contribution in [0.25, 0.3) is 5.69 Å². The molecule has 1 aromatic heterocycles. The Morgan fingerprint density at radius 2 is 1.66 bits per heavy atom. The Kier molecular flexibility index (Phi) is 5.46. The van der Waals surface area contributed by atoms with Crippen LogP contribution in [0, 0.1) is 12.3 Å². The van der Waals surface area contributed by atoms with Crippen molar-refractivity contribution in [2.45, 2.75) is 33.6 Å². The predicted molar refractivity (Wildman–Crippen MR) is 124 cm³/mol. The van der Waals surface area contributed by atoms with Crippen molar-refractivity contribution in [1.29, 1.82) is 0 Å². The summed E-state index contributed by atoms with van der Waals surface area (Å²) in [6, 6.07) is 15.8. The standard InChI is InChI=1S/C26H26N2O4/c1-16-5-9-18(10-6-16)28-22-14-26(2,3)15-23(29)20(22)13-21(25(28)31)24(30)27-17-7-11-19(32-4)12-8-17/h5-13H,14-15H2,1-4H3,(H,27,30). The van der Waals surface area contributed by atoms with Crippen molar-refractivity contribution in [3.05, 3.63) is 87.3 Å². The highest BCUT2D eigenvalue weighted by Crippen LogP contribution is 2.35. The third kappa shape index (κ3) is 4.08. The molecule has 32 heavy (non-hydrogen) atoms. The fourth-order valence-corrected chi connectivity index (χ4v) is 4.12. The number of hydrogen-bond acceptors (Lipinski definition) is 4. The van der Waals surface area contributed by atoms with E-state index in [0.29, 0.717) is 41.2 Å². The largest absolute Gasteiger partial charge is 0.497 e. The zero-order valence-corrected chi connectivity index (χ0v) is 18.7. The fourth-order valence-electron chi connectivity index (χ4n) is 4.12. The number of nitrogens with zero attached hydrogens (tertiary/aromatic N) is 1. The Hall–Kier alpha value is -3.67. The number of Topliss-reactive ketones (excluding diaryl/α,β-unsaturated/α-hetero) is 1. The first-order valence-electron chi connectivity index (χ1n) is 10.5. The molecule has 164 valence electrons. The molecule has 1 heterocycles. The number of carbonyl (C=O) groups is 2. The van der Waals surface area contributed by atoms with Gasteiger partial charge >= 0.3 is 0 Å². The van der Waals surface area contributed by atoms with Gasteiger partial charge in [0.1, 0.15) is 11.3 Å². The number of fused-ring (bicyclic) bond motifs is 1. The minimum absolute atomic E-state index is 0.0596. The van der Waals surface area contributed by atoms with Crippen LogP contribution in [0.1, 0.15) is 52.2 Å². The lowest BCUT2D eigenvalue weighted by Crippen LogP contribution is -2.37. The quantitative estimate of drug-likeness (QED) is 0.658. The van der Waals surface area contributed by atoms with Crippen LogP contribution in [0.2, 0.25) is 0 Å². The van der Waals surface area contributed by atoms with Crippen molar-refractivity contribution in [3.8, 4) is 11.4 Å². The fraction of sp³-hybridized carbons (Fsp3) is 0.269. The van der Waals surface area contributed by atoms with Gasteiger partial charge in [0.15, 0.2) is 5.78 Å². The van der Waals surface area contributed by atoms with Crippen LogP contribution in [0.15, 0.2) is 59.4 Å². The summed E-state index contributed by atoms with van der Waals surface area (Å²) in [4.78, 5) is 39.6. The van der Waals surface area contributed by atoms with Gasteiger partial charge in [0.05, 0.1) is 7.11 Å². The summed E-state index contributed by atoms with van der Waals surface area (Å²) in [5.74, 6) is 0.0452. The van der Waals surface area contributed by atoms with E-state index in [2.05, 4.69) is 5.32 Å². The first-order valence-corrected chi connectivity index (χ1v) is 10.5. The van der Waals surface area contributed by atoms with E-state index in [-0.39, 0.29) is 16.8 Å². The topological polar surface area (TPSA) is 77.4 Å². The maximum atomic E-state index is 13.5. The summed E-state index contributed by atoms with van der Waals surface area (Å²) in [6.07, 6.45) is 0.934. The van der Waals surface area contributed by atoms with Gasteiger partial charge in [-0.05, 0) is 61.2 Å². The zero-order chi connectivity index (χ0) is 23.0. The molecule has 1 aliphatic carbocycles. The Morgan fingerprint density at radius 3 is 2.28 bits per heavy atom. The molecule has 2 aromatic carbocycles. The van der Waals surface area contributed by atoms with Crippen molar-refractivity contribution >= 4 is 17.4 Å². The van der Waals surface area contributed by atoms with Gasteiger partial charge in [-0.2, -0.15) is 0 Å². The molecule has 4 rings (SSSR count). The average molecular weight is 431 g/mol. The third-order valence-corrected chi connectivity index (χ3v) is 5.77. The Morgan fingerprint density at radius 1 is 1.00 bits per heavy atom. The summed E-state index contributed by atoms with van der Waals surface area (Å²) in [5, 5.41) is 2.76. The first kappa shape index (κ1) is 21.6. The van der Waals surface area contributed by atoms with E-state index in [1.165, 1.54) is 10.6 Å². The van der Waals surface area contributed by atoms with Gasteiger partial charge in [-0.3, -0.25) is 19.0 Å². The molecule has 0 radical (unpaired) electrons. The maximum absolute atomic E-state index is 13.5. The number of aromatic nitrogens is 1. The lowest BCUT2D eigenvalue weighted by molar-refractivity contribution is 0.0909. The third-order valence-electron chi connectivity index (χ3n) is 5.77. The minimum atomic E-state index is -0.554. The number of anilines is 1. The predicted octanol–water partition coefficient (Wildman–Crippen LogP) is 4.56. The highest BCUT2D eigenvalue weighted by Gasteiger charge is 2.35. The van der Waals surface area contributed by atoms with E-state index in [1.807, 2.05) is 45.0 Å². The van der Waals surface area contributed by atoms with Gasteiger partial charge in [-0.15, -0.1) is 0 Å². The van der Waals surface area contributed by atoms with Crippen molar-refractivity contribution in [2.24, 2.45) is 5.41 Å². The molecule has 1 aliphatic rings. The number of hydrogen-bond donors (Lipinski definition) is 1. The Balaban J connectivity index is 1.85. The molecule has 1 N–H and O–H groups in total. The highest BCUT2D eigenvalue weighted by atomic mass is 16.5. The number of nitrogens with one attached hydrogen (secondary N) is 1. The van der Waals surface area contributed by atoms with E-state index >= 15 is 0 Å². The van der Waals surface area contributed by atoms with Gasteiger partial charge in [0.2, 0.25) is 0 Å². The molecule has 0 saturated heterocycles. The maximum Gasteiger partial charge on any atom is 0.268 e. The smallest absolute Gasteiger partial charge is 0.268 e. The van der Waals surface area contributed by atoms with E-state index in [1.54, 1.807) is 31.4 Å². The van der Waals surface area contributed by atoms with Crippen molar-refractivity contribution in [1.82, 2.24) is 4.57 Å². The Labute approximate surface area is 186 Å². The monoisotopic (exact) mass is 430 g/mol. The highest BCUT2D eigenvalue weighted by molar-refractivity contribution is 6.07. The second-order valence-electron chi connectivity index (χ2n) is 9.02. The number of pyridine rings is 1. The number of ketones is 1. The number of carbonyl (C=O) groups excluding carboxylic acids is 2. The molecular formula is C26H26N2O4. The molecule has 0 spiro atoms. The van der Waals surface area contributed by atoms with Gasteiger partial charge in [0, 0.05) is 29.1 Å². The number of amides is 1. The van der Waals surface area contributed by atoms with Crippen LogP contribution < -0.4 is 15.6 Å². The lowest BCUT2D eigenvalue weighted by atomic mass is 9.75. The van der Waals surface area contributed by atoms with E-state index in [9.17, 15) is 14.4 Å². The summed E-state index contributed by atoms with van der Waals surface area (Å²) < 4.78 is 6.66. The summed E-state index contributed by atoms with van der Waals surface area (Å²) in [7, 11) is 1.56. The summed E-state index contributed by atoms with van der Waals surface area (Å²) in [6.45, 7) is 6.00. The van der Waals surface area contributed by atoms with Gasteiger partial charge in [-0.1, -0.05) is 31.5 Å². The minimum Gasteiger partial charge on any atom is -0.497 e. The summed E-state index contributed by atoms with van der Waals surface area (Å²) in [5.41, 5.74) is 2.54. The van der Waals surface area contributed by atoms with Crippen LogP contribution in [0.4, 0.5) is 5.69 Å². The number of ether oxygens (including phenoxy) is 1. The van der Waals surface area contributed by atoms with E-state index in [4.69, 9.17) is 4.74 Å². The molecule has 0 unspecified atom stereocenters. The number of methoxy groups -OCH3 is 1. The van der Waals surface area contributed by atoms with Crippen LogP contribution >= 0.6 is 0 Å². The van der Waals surface area contributed by atoms with Crippen LogP contribution in [-0.4, -0.2) is 23.4 Å². The number of rotatable bonds is 4. The van der Waals surface area contributed by atoms with Gasteiger partial charge in [0.25, 0.3) is 11.5 Å². The molecule has 6 heteroatoms. The molecule has 0 saturated carbocycles. The molecule has 6 nitrogen and oxygen atoms in total. The average Bonchev–Trinajstić information content (AvgIpc) is 2.74. The second-order valence-corrected chi connectivity index (χ2v) is 9.02. The SMILES string of the molecule is COc1ccc(NC(=O)c2cc3c(n(-c4ccc(C)cc4)c2=O)CC(C)(C)CC3=O)cc1. The first-order chi connectivity index (χ1) is 15.2. The normalized spacial score (nSPS) is 14.6. The molecule has 0 aliphatic heterocycles. The van der Waals surface area contributed by atoms with E-state index in [0.717, 1.165) is 5.56 Å². The molecular weight excluding hydrogens is 404 g/mol. The zero-order valence-electron chi connectivity index (χ0n) is 18.7. The molecule has 1 amide bonds. The van der Waals surface area contributed by atoms with Gasteiger partial charge in [-0.25, -0.2) is 0 Å². The van der Waals surface area contributed by atoms with Crippen molar-refractivity contribution < 1.29 is 14.3 Å².